The molecule has 1 heterocycles. The molecule has 1 rings (SSSR count). The lowest BCUT2D eigenvalue weighted by atomic mass is 10.1. The van der Waals surface area contributed by atoms with Crippen molar-refractivity contribution in [1.29, 1.82) is 0 Å². The first-order valence-corrected chi connectivity index (χ1v) is 7.03. The summed E-state index contributed by atoms with van der Waals surface area (Å²) in [5.74, 6) is 0. The Kier molecular flexibility index (Phi) is 17.0. The van der Waals surface area contributed by atoms with E-state index in [1.807, 2.05) is 40.1 Å². The molecule has 0 aliphatic rings. The molecule has 0 fully saturated rings. The van der Waals surface area contributed by atoms with Crippen molar-refractivity contribution in [3.63, 3.8) is 0 Å². The van der Waals surface area contributed by atoms with Crippen LogP contribution in [0, 0.1) is 0 Å². The van der Waals surface area contributed by atoms with Gasteiger partial charge in [-0.05, 0) is 32.0 Å². The van der Waals surface area contributed by atoms with Crippen LogP contribution >= 0.6 is 0 Å². The first-order valence-electron chi connectivity index (χ1n) is 7.03. The van der Waals surface area contributed by atoms with Gasteiger partial charge in [0.15, 0.2) is 0 Å². The van der Waals surface area contributed by atoms with Crippen molar-refractivity contribution in [2.75, 3.05) is 19.4 Å². The van der Waals surface area contributed by atoms with E-state index < -0.39 is 0 Å². The van der Waals surface area contributed by atoms with Gasteiger partial charge in [-0.25, -0.2) is 0 Å². The lowest BCUT2D eigenvalue weighted by molar-refractivity contribution is 0.503. The molecule has 0 bridgehead atoms. The molecule has 1 unspecified atom stereocenters. The van der Waals surface area contributed by atoms with Gasteiger partial charge in [-0.2, -0.15) is 0 Å². The van der Waals surface area contributed by atoms with Crippen LogP contribution in [0.4, 0.5) is 5.69 Å². The van der Waals surface area contributed by atoms with E-state index in [1.54, 1.807) is 12.4 Å². The number of hydrogen-bond acceptors (Lipinski definition) is 3. The third-order valence-corrected chi connectivity index (χ3v) is 2.51. The molecular formula is C15H31N3. The summed E-state index contributed by atoms with van der Waals surface area (Å²) in [5.41, 5.74) is 1.10. The second-order valence-corrected chi connectivity index (χ2v) is 3.67. The van der Waals surface area contributed by atoms with Gasteiger partial charge in [0, 0.05) is 31.2 Å². The lowest BCUT2D eigenvalue weighted by Crippen LogP contribution is -2.23. The predicted octanol–water partition coefficient (Wildman–Crippen LogP) is 3.93. The molecule has 106 valence electrons. The van der Waals surface area contributed by atoms with E-state index in [1.165, 1.54) is 19.3 Å². The minimum atomic E-state index is 0.750. The van der Waals surface area contributed by atoms with Crippen molar-refractivity contribution >= 4 is 5.69 Å². The zero-order valence-electron chi connectivity index (χ0n) is 13.0. The Labute approximate surface area is 113 Å². The molecule has 0 spiro atoms. The summed E-state index contributed by atoms with van der Waals surface area (Å²) >= 11 is 0. The van der Waals surface area contributed by atoms with Gasteiger partial charge in [0.2, 0.25) is 0 Å². The summed E-state index contributed by atoms with van der Waals surface area (Å²) in [7, 11) is 3.92. The quantitative estimate of drug-likeness (QED) is 0.834. The largest absolute Gasteiger partial charge is 0.388 e. The van der Waals surface area contributed by atoms with Crippen LogP contribution in [0.15, 0.2) is 24.5 Å². The summed E-state index contributed by atoms with van der Waals surface area (Å²) in [6, 6.07) is 4.58. The maximum atomic E-state index is 3.85. The van der Waals surface area contributed by atoms with Crippen molar-refractivity contribution in [3.8, 4) is 0 Å². The smallest absolute Gasteiger partial charge is 0.0368 e. The molecule has 18 heavy (non-hydrogen) atoms. The Morgan fingerprint density at radius 2 is 1.67 bits per heavy atom. The first-order chi connectivity index (χ1) is 8.78. The van der Waals surface area contributed by atoms with Crippen LogP contribution in [-0.4, -0.2) is 25.1 Å². The van der Waals surface area contributed by atoms with Crippen LogP contribution < -0.4 is 10.6 Å². The number of rotatable bonds is 5. The van der Waals surface area contributed by atoms with Crippen LogP contribution in [0.3, 0.4) is 0 Å². The van der Waals surface area contributed by atoms with Crippen molar-refractivity contribution in [1.82, 2.24) is 10.3 Å². The van der Waals surface area contributed by atoms with E-state index in [-0.39, 0.29) is 0 Å². The first kappa shape index (κ1) is 19.3. The average Bonchev–Trinajstić information content (AvgIpc) is 2.48. The van der Waals surface area contributed by atoms with Crippen molar-refractivity contribution in [2.45, 2.75) is 53.0 Å². The maximum Gasteiger partial charge on any atom is 0.0368 e. The summed E-state index contributed by atoms with van der Waals surface area (Å²) in [4.78, 5) is 3.85. The average molecular weight is 253 g/mol. The van der Waals surface area contributed by atoms with E-state index in [4.69, 9.17) is 0 Å². The Bertz CT molecular complexity index is 233. The van der Waals surface area contributed by atoms with Crippen molar-refractivity contribution in [3.05, 3.63) is 24.5 Å². The van der Waals surface area contributed by atoms with Gasteiger partial charge in [0.05, 0.1) is 0 Å². The molecule has 0 amide bonds. The van der Waals surface area contributed by atoms with E-state index in [9.17, 15) is 0 Å². The molecule has 0 aromatic carbocycles. The Morgan fingerprint density at radius 3 is 1.89 bits per heavy atom. The third kappa shape index (κ3) is 11.4. The molecule has 0 saturated heterocycles. The fourth-order valence-electron chi connectivity index (χ4n) is 1.42. The van der Waals surface area contributed by atoms with Gasteiger partial charge in [-0.1, -0.05) is 34.1 Å². The zero-order valence-corrected chi connectivity index (χ0v) is 13.0. The molecule has 1 atom stereocenters. The molecule has 0 aliphatic heterocycles. The number of anilines is 1. The number of pyridine rings is 1. The molecular weight excluding hydrogens is 222 g/mol. The fraction of sp³-hybridized carbons (Fsp3) is 0.667. The van der Waals surface area contributed by atoms with Gasteiger partial charge >= 0.3 is 0 Å². The summed E-state index contributed by atoms with van der Waals surface area (Å²) in [6.07, 6.45) is 7.37. The summed E-state index contributed by atoms with van der Waals surface area (Å²) < 4.78 is 0. The van der Waals surface area contributed by atoms with Gasteiger partial charge in [-0.15, -0.1) is 0 Å². The third-order valence-electron chi connectivity index (χ3n) is 2.51. The van der Waals surface area contributed by atoms with E-state index in [0.717, 1.165) is 11.7 Å². The van der Waals surface area contributed by atoms with Gasteiger partial charge in [-0.3, -0.25) is 4.98 Å². The number of nitrogens with one attached hydrogen (secondary N) is 2. The SMILES string of the molecule is CC.CCCC(CC)NC.CNc1ccncc1. The highest BCUT2D eigenvalue weighted by Crippen LogP contribution is 1.99. The zero-order chi connectivity index (χ0) is 14.2. The predicted molar refractivity (Wildman–Crippen MR) is 83.2 cm³/mol. The number of aromatic nitrogens is 1. The Morgan fingerprint density at radius 1 is 1.11 bits per heavy atom. The van der Waals surface area contributed by atoms with E-state index >= 15 is 0 Å². The second kappa shape index (κ2) is 15.9. The van der Waals surface area contributed by atoms with Crippen LogP contribution in [0.5, 0.6) is 0 Å². The van der Waals surface area contributed by atoms with Crippen molar-refractivity contribution in [2.24, 2.45) is 0 Å². The van der Waals surface area contributed by atoms with Crippen LogP contribution in [0.1, 0.15) is 47.0 Å². The maximum absolute atomic E-state index is 3.85. The minimum Gasteiger partial charge on any atom is -0.388 e. The molecule has 0 aliphatic carbocycles. The molecule has 0 radical (unpaired) electrons. The summed E-state index contributed by atoms with van der Waals surface area (Å²) in [5, 5.41) is 6.24. The highest BCUT2D eigenvalue weighted by Gasteiger charge is 1.97. The van der Waals surface area contributed by atoms with Crippen LogP contribution in [0.2, 0.25) is 0 Å². The highest BCUT2D eigenvalue weighted by molar-refractivity contribution is 5.39. The topological polar surface area (TPSA) is 37.0 Å². The van der Waals surface area contributed by atoms with E-state index in [2.05, 4.69) is 29.5 Å². The molecule has 3 heteroatoms. The van der Waals surface area contributed by atoms with Crippen molar-refractivity contribution < 1.29 is 0 Å². The van der Waals surface area contributed by atoms with Gasteiger partial charge < -0.3 is 10.6 Å². The molecule has 3 nitrogen and oxygen atoms in total. The Hall–Kier alpha value is -1.09. The van der Waals surface area contributed by atoms with Crippen LogP contribution in [0.25, 0.3) is 0 Å². The number of hydrogen-bond donors (Lipinski definition) is 2. The number of nitrogens with zero attached hydrogens (tertiary/aromatic N) is 1. The lowest BCUT2D eigenvalue weighted by Gasteiger charge is -2.10. The Balaban J connectivity index is 0. The van der Waals surface area contributed by atoms with Crippen LogP contribution in [-0.2, 0) is 0 Å². The minimum absolute atomic E-state index is 0.750. The fourth-order valence-corrected chi connectivity index (χ4v) is 1.42. The monoisotopic (exact) mass is 253 g/mol. The van der Waals surface area contributed by atoms with E-state index in [0.29, 0.717) is 0 Å². The molecule has 0 saturated carbocycles. The normalized spacial score (nSPS) is 10.3. The van der Waals surface area contributed by atoms with Gasteiger partial charge in [0.25, 0.3) is 0 Å². The molecule has 1 aromatic heterocycles. The highest BCUT2D eigenvalue weighted by atomic mass is 14.9. The summed E-state index contributed by atoms with van der Waals surface area (Å²) in [6.45, 7) is 8.44. The van der Waals surface area contributed by atoms with Gasteiger partial charge in [0.1, 0.15) is 0 Å². The standard InChI is InChI=1S/C7H17N.C6H8N2.C2H6/c1-4-6-7(5-2)8-3;1-7-6-2-4-8-5-3-6;1-2/h7-8H,4-6H2,1-3H3;2-5H,1H3,(H,7,8);1-2H3. The second-order valence-electron chi connectivity index (χ2n) is 3.67. The molecule has 1 aromatic rings. The molecule has 2 N–H and O–H groups in total.